The molecule has 1 N–H and O–H groups in total. The molecule has 16 heavy (non-hydrogen) atoms. The number of ketones is 1. The standard InChI is InChI=1S/C10H12O6/c1-5(2)7(11)4-3-6(9(13)14)8(12)10(15)16/h3-5,12H,1-2H3,(H,13,14)(H,15,16)/p-2/b4-3-,8-6-. The summed E-state index contributed by atoms with van der Waals surface area (Å²) in [4.78, 5) is 31.8. The van der Waals surface area contributed by atoms with Gasteiger partial charge in [0.1, 0.15) is 0 Å². The average Bonchev–Trinajstić information content (AvgIpc) is 2.16. The van der Waals surface area contributed by atoms with Crippen LogP contribution in [0.1, 0.15) is 13.8 Å². The second kappa shape index (κ2) is 5.69. The lowest BCUT2D eigenvalue weighted by Gasteiger charge is -2.13. The Morgan fingerprint density at radius 1 is 1.12 bits per heavy atom. The van der Waals surface area contributed by atoms with E-state index in [-0.39, 0.29) is 5.92 Å². The molecule has 6 nitrogen and oxygen atoms in total. The van der Waals surface area contributed by atoms with Gasteiger partial charge in [0.15, 0.2) is 5.78 Å². The number of hydrogen-bond donors (Lipinski definition) is 1. The molecular weight excluding hydrogens is 216 g/mol. The van der Waals surface area contributed by atoms with Crippen LogP contribution >= 0.6 is 0 Å². The normalized spacial score (nSPS) is 12.7. The van der Waals surface area contributed by atoms with Gasteiger partial charge in [-0.05, 0) is 23.5 Å². The number of carboxylic acid groups (broad SMARTS) is 2. The van der Waals surface area contributed by atoms with Crippen molar-refractivity contribution in [3.63, 3.8) is 0 Å². The van der Waals surface area contributed by atoms with Crippen LogP contribution in [-0.4, -0.2) is 22.8 Å². The minimum absolute atomic E-state index is 0.376. The number of carbonyl (C=O) groups excluding carboxylic acids is 2. The maximum atomic E-state index is 11.1. The van der Waals surface area contributed by atoms with E-state index in [0.29, 0.717) is 6.08 Å². The van der Waals surface area contributed by atoms with Crippen LogP contribution in [0.4, 0.5) is 0 Å². The highest BCUT2D eigenvalue weighted by molar-refractivity contribution is 6.00. The minimum atomic E-state index is -1.93. The topological polar surface area (TPSA) is 118 Å². The molecule has 0 bridgehead atoms. The van der Waals surface area contributed by atoms with Crippen molar-refractivity contribution in [1.82, 2.24) is 0 Å². The first kappa shape index (κ1) is 13.9. The van der Waals surface area contributed by atoms with Gasteiger partial charge in [0, 0.05) is 5.92 Å². The first-order valence-electron chi connectivity index (χ1n) is 4.35. The van der Waals surface area contributed by atoms with Crippen LogP contribution in [0.2, 0.25) is 0 Å². The minimum Gasteiger partial charge on any atom is -0.867 e. The second-order valence-corrected chi connectivity index (χ2v) is 3.23. The maximum absolute atomic E-state index is 11.1. The van der Waals surface area contributed by atoms with Crippen LogP contribution in [0.3, 0.4) is 0 Å². The van der Waals surface area contributed by atoms with Crippen LogP contribution in [0.25, 0.3) is 0 Å². The van der Waals surface area contributed by atoms with E-state index in [1.807, 2.05) is 0 Å². The Balaban J connectivity index is 5.15. The summed E-state index contributed by atoms with van der Waals surface area (Å²) < 4.78 is 0. The molecule has 0 aromatic rings. The summed E-state index contributed by atoms with van der Waals surface area (Å²) in [6.45, 7) is 3.15. The first-order chi connectivity index (χ1) is 7.27. The predicted molar refractivity (Wildman–Crippen MR) is 48.7 cm³/mol. The van der Waals surface area contributed by atoms with Gasteiger partial charge in [0.2, 0.25) is 0 Å². The van der Waals surface area contributed by atoms with E-state index in [9.17, 15) is 24.6 Å². The highest BCUT2D eigenvalue weighted by Crippen LogP contribution is 2.03. The van der Waals surface area contributed by atoms with Crippen molar-refractivity contribution in [2.24, 2.45) is 5.92 Å². The van der Waals surface area contributed by atoms with Gasteiger partial charge in [-0.25, -0.2) is 4.79 Å². The van der Waals surface area contributed by atoms with E-state index in [2.05, 4.69) is 0 Å². The van der Waals surface area contributed by atoms with Crippen molar-refractivity contribution in [2.45, 2.75) is 13.8 Å². The lowest BCUT2D eigenvalue weighted by atomic mass is 10.1. The van der Waals surface area contributed by atoms with Gasteiger partial charge in [0.05, 0.1) is 5.97 Å². The van der Waals surface area contributed by atoms with E-state index < -0.39 is 29.1 Å². The fourth-order valence-electron chi connectivity index (χ4n) is 0.710. The SMILES string of the molecule is CC(C)C(=O)/C=C\C(C(=O)[O-])=C(\[O-])C(=O)O. The maximum Gasteiger partial charge on any atom is 0.321 e. The molecule has 0 atom stereocenters. The Bertz CT molecular complexity index is 375. The van der Waals surface area contributed by atoms with E-state index in [1.165, 1.54) is 0 Å². The molecule has 0 aliphatic rings. The molecule has 0 fully saturated rings. The van der Waals surface area contributed by atoms with Crippen molar-refractivity contribution in [1.29, 1.82) is 0 Å². The molecule has 0 aliphatic carbocycles. The van der Waals surface area contributed by atoms with Crippen LogP contribution in [-0.2, 0) is 14.4 Å². The number of carboxylic acids is 2. The Labute approximate surface area is 91.5 Å². The van der Waals surface area contributed by atoms with Gasteiger partial charge in [-0.15, -0.1) is 0 Å². The van der Waals surface area contributed by atoms with E-state index >= 15 is 0 Å². The molecule has 0 rings (SSSR count). The summed E-state index contributed by atoms with van der Waals surface area (Å²) in [7, 11) is 0. The Morgan fingerprint density at radius 3 is 1.94 bits per heavy atom. The van der Waals surface area contributed by atoms with Gasteiger partial charge in [-0.1, -0.05) is 13.8 Å². The van der Waals surface area contributed by atoms with Gasteiger partial charge in [0.25, 0.3) is 0 Å². The summed E-state index contributed by atoms with van der Waals surface area (Å²) in [6.07, 6.45) is 1.49. The first-order valence-corrected chi connectivity index (χ1v) is 4.35. The number of allylic oxidation sites excluding steroid dienone is 1. The zero-order valence-corrected chi connectivity index (χ0v) is 8.72. The fourth-order valence-corrected chi connectivity index (χ4v) is 0.710. The molecule has 0 aromatic carbocycles. The fraction of sp³-hybridized carbons (Fsp3) is 0.300. The van der Waals surface area contributed by atoms with E-state index in [1.54, 1.807) is 13.8 Å². The van der Waals surface area contributed by atoms with Crippen molar-refractivity contribution < 1.29 is 29.7 Å². The third-order valence-corrected chi connectivity index (χ3v) is 1.64. The molecule has 6 heteroatoms. The Morgan fingerprint density at radius 2 is 1.62 bits per heavy atom. The molecule has 0 amide bonds. The Kier molecular flexibility index (Phi) is 4.94. The van der Waals surface area contributed by atoms with Crippen molar-refractivity contribution in [2.75, 3.05) is 0 Å². The molecular formula is C10H10O6-2. The summed E-state index contributed by atoms with van der Waals surface area (Å²) in [5, 5.41) is 29.6. The molecule has 88 valence electrons. The quantitative estimate of drug-likeness (QED) is 0.336. The number of carbonyl (C=O) groups is 3. The van der Waals surface area contributed by atoms with Crippen molar-refractivity contribution in [3.05, 3.63) is 23.5 Å². The summed E-state index contributed by atoms with van der Waals surface area (Å²) in [5.41, 5.74) is -1.05. The number of rotatable bonds is 5. The molecule has 0 radical (unpaired) electrons. The zero-order chi connectivity index (χ0) is 12.9. The second-order valence-electron chi connectivity index (χ2n) is 3.23. The number of aliphatic carboxylic acids is 2. The van der Waals surface area contributed by atoms with E-state index in [4.69, 9.17) is 5.11 Å². The van der Waals surface area contributed by atoms with Crippen LogP contribution in [0, 0.1) is 5.92 Å². The summed E-state index contributed by atoms with van der Waals surface area (Å²) >= 11 is 0. The third kappa shape index (κ3) is 3.95. The molecule has 0 spiro atoms. The predicted octanol–water partition coefficient (Wildman–Crippen LogP) is -1.78. The highest BCUT2D eigenvalue weighted by Gasteiger charge is 2.05. The van der Waals surface area contributed by atoms with E-state index in [0.717, 1.165) is 6.08 Å². The Hall–Kier alpha value is -2.11. The average molecular weight is 226 g/mol. The van der Waals surface area contributed by atoms with Gasteiger partial charge in [-0.3, -0.25) is 4.79 Å². The summed E-state index contributed by atoms with van der Waals surface area (Å²) in [5.74, 6) is -6.26. The van der Waals surface area contributed by atoms with Crippen LogP contribution in [0.15, 0.2) is 23.5 Å². The van der Waals surface area contributed by atoms with Gasteiger partial charge in [-0.2, -0.15) is 0 Å². The van der Waals surface area contributed by atoms with Crippen molar-refractivity contribution >= 4 is 17.7 Å². The van der Waals surface area contributed by atoms with Gasteiger partial charge >= 0.3 is 5.97 Å². The van der Waals surface area contributed by atoms with Gasteiger partial charge < -0.3 is 20.1 Å². The monoisotopic (exact) mass is 226 g/mol. The lowest BCUT2D eigenvalue weighted by Crippen LogP contribution is -2.29. The lowest BCUT2D eigenvalue weighted by molar-refractivity contribution is -0.313. The number of hydrogen-bond acceptors (Lipinski definition) is 5. The van der Waals surface area contributed by atoms with Crippen LogP contribution < -0.4 is 10.2 Å². The highest BCUT2D eigenvalue weighted by atomic mass is 16.4. The van der Waals surface area contributed by atoms with Crippen molar-refractivity contribution in [3.8, 4) is 0 Å². The smallest absolute Gasteiger partial charge is 0.321 e. The largest absolute Gasteiger partial charge is 0.867 e. The molecule has 0 unspecified atom stereocenters. The zero-order valence-electron chi connectivity index (χ0n) is 8.72. The summed E-state index contributed by atoms with van der Waals surface area (Å²) in [6, 6.07) is 0. The molecule has 0 saturated carbocycles. The van der Waals surface area contributed by atoms with Crippen LogP contribution in [0.5, 0.6) is 0 Å². The third-order valence-electron chi connectivity index (χ3n) is 1.64. The molecule has 0 heterocycles. The molecule has 0 aliphatic heterocycles. The molecule has 0 saturated heterocycles. The molecule has 0 aromatic heterocycles.